The first kappa shape index (κ1) is 21.8. The molecule has 4 rings (SSSR count). The molecule has 1 aromatic carbocycles. The van der Waals surface area contributed by atoms with E-state index < -0.39 is 17.0 Å². The highest BCUT2D eigenvalue weighted by atomic mass is 35.5. The Balaban J connectivity index is 1.38. The summed E-state index contributed by atoms with van der Waals surface area (Å²) in [6, 6.07) is 7.57. The van der Waals surface area contributed by atoms with Gasteiger partial charge in [0, 0.05) is 16.7 Å². The number of fused-ring (bicyclic) bond motifs is 1. The Bertz CT molecular complexity index is 1140. The molecule has 1 atom stereocenters. The molecule has 0 aliphatic carbocycles. The largest absolute Gasteiger partial charge is 0.573 e. The van der Waals surface area contributed by atoms with Gasteiger partial charge in [0.2, 0.25) is 0 Å². The maximum Gasteiger partial charge on any atom is 0.573 e. The van der Waals surface area contributed by atoms with E-state index in [4.69, 9.17) is 21.1 Å². The Labute approximate surface area is 183 Å². The summed E-state index contributed by atoms with van der Waals surface area (Å²) in [7, 11) is 0. The van der Waals surface area contributed by atoms with E-state index in [9.17, 15) is 23.3 Å². The molecule has 0 radical (unpaired) electrons. The van der Waals surface area contributed by atoms with E-state index in [1.54, 1.807) is 18.2 Å². The van der Waals surface area contributed by atoms with Crippen molar-refractivity contribution in [3.63, 3.8) is 0 Å². The van der Waals surface area contributed by atoms with Gasteiger partial charge in [-0.1, -0.05) is 23.7 Å². The van der Waals surface area contributed by atoms with Crippen LogP contribution >= 0.6 is 11.6 Å². The number of rotatable bonds is 6. The number of ether oxygens (including phenoxy) is 3. The first-order valence-electron chi connectivity index (χ1n) is 9.14. The van der Waals surface area contributed by atoms with Crippen molar-refractivity contribution < 1.29 is 32.3 Å². The molecule has 0 bridgehead atoms. The summed E-state index contributed by atoms with van der Waals surface area (Å²) in [5.74, 6) is -0.802. The van der Waals surface area contributed by atoms with Gasteiger partial charge in [0.25, 0.3) is 0 Å². The van der Waals surface area contributed by atoms with Crippen LogP contribution in [0.5, 0.6) is 11.8 Å². The fraction of sp³-hybridized carbons (Fsp3) is 0.263. The lowest BCUT2D eigenvalue weighted by molar-refractivity contribution is -0.389. The first-order chi connectivity index (χ1) is 15.2. The summed E-state index contributed by atoms with van der Waals surface area (Å²) in [6.45, 7) is 0.656. The third-order valence-electron chi connectivity index (χ3n) is 4.49. The molecule has 0 amide bonds. The Morgan fingerprint density at radius 3 is 2.75 bits per heavy atom. The van der Waals surface area contributed by atoms with Crippen molar-refractivity contribution in [1.29, 1.82) is 0 Å². The molecule has 2 aromatic heterocycles. The molecule has 0 spiro atoms. The van der Waals surface area contributed by atoms with Gasteiger partial charge in [0.05, 0.1) is 23.9 Å². The number of imidazole rings is 1. The predicted molar refractivity (Wildman–Crippen MR) is 104 cm³/mol. The van der Waals surface area contributed by atoms with Crippen LogP contribution in [0, 0.1) is 10.1 Å². The molecule has 32 heavy (non-hydrogen) atoms. The van der Waals surface area contributed by atoms with Crippen LogP contribution in [0.25, 0.3) is 11.1 Å². The van der Waals surface area contributed by atoms with E-state index in [1.165, 1.54) is 29.1 Å². The predicted octanol–water partition coefficient (Wildman–Crippen LogP) is 4.38. The summed E-state index contributed by atoms with van der Waals surface area (Å²) in [5.41, 5.74) is 1.59. The molecule has 0 saturated heterocycles. The van der Waals surface area contributed by atoms with Crippen molar-refractivity contribution in [2.24, 2.45) is 0 Å². The molecule has 0 N–H and O–H groups in total. The highest BCUT2D eigenvalue weighted by Gasteiger charge is 2.32. The van der Waals surface area contributed by atoms with Crippen molar-refractivity contribution in [2.75, 3.05) is 6.61 Å². The van der Waals surface area contributed by atoms with Crippen molar-refractivity contribution in [3.05, 3.63) is 63.6 Å². The smallest absolute Gasteiger partial charge is 0.443 e. The Hall–Kier alpha value is -3.38. The minimum Gasteiger partial charge on any atom is -0.443 e. The molecule has 1 aliphatic heterocycles. The zero-order valence-corrected chi connectivity index (χ0v) is 16.8. The van der Waals surface area contributed by atoms with E-state index in [0.29, 0.717) is 23.4 Å². The Morgan fingerprint density at radius 1 is 1.28 bits per heavy atom. The lowest BCUT2D eigenvalue weighted by Gasteiger charge is -2.22. The third kappa shape index (κ3) is 5.08. The molecule has 0 fully saturated rings. The van der Waals surface area contributed by atoms with Gasteiger partial charge in [-0.3, -0.25) is 9.55 Å². The number of nitrogens with zero attached hydrogens (tertiary/aromatic N) is 4. The zero-order chi connectivity index (χ0) is 22.9. The lowest BCUT2D eigenvalue weighted by Crippen LogP contribution is -2.32. The molecule has 0 unspecified atom stereocenters. The number of aromatic nitrogens is 3. The van der Waals surface area contributed by atoms with Crippen LogP contribution in [-0.4, -0.2) is 38.5 Å². The average molecular weight is 471 g/mol. The summed E-state index contributed by atoms with van der Waals surface area (Å²) in [5, 5.41) is 10.6. The molecule has 13 heteroatoms. The summed E-state index contributed by atoms with van der Waals surface area (Å²) in [6.07, 6.45) is -2.45. The fourth-order valence-corrected chi connectivity index (χ4v) is 3.19. The Kier molecular flexibility index (Phi) is 5.89. The van der Waals surface area contributed by atoms with Gasteiger partial charge in [-0.05, 0) is 28.7 Å². The quantitative estimate of drug-likeness (QED) is 0.389. The summed E-state index contributed by atoms with van der Waals surface area (Å²) in [4.78, 5) is 18.2. The van der Waals surface area contributed by atoms with Gasteiger partial charge in [0.1, 0.15) is 24.7 Å². The number of benzene rings is 1. The van der Waals surface area contributed by atoms with E-state index >= 15 is 0 Å². The molecule has 168 valence electrons. The summed E-state index contributed by atoms with van der Waals surface area (Å²) >= 11 is 5.77. The zero-order valence-electron chi connectivity index (χ0n) is 16.1. The van der Waals surface area contributed by atoms with Crippen molar-refractivity contribution in [2.45, 2.75) is 25.6 Å². The van der Waals surface area contributed by atoms with Gasteiger partial charge < -0.3 is 24.3 Å². The molecule has 9 nitrogen and oxygen atoms in total. The maximum atomic E-state index is 12.5. The second kappa shape index (κ2) is 8.63. The number of alkyl halides is 3. The molecule has 0 saturated carbocycles. The number of pyridine rings is 1. The van der Waals surface area contributed by atoms with Crippen LogP contribution in [0.1, 0.15) is 5.69 Å². The van der Waals surface area contributed by atoms with Crippen LogP contribution in [0.15, 0.2) is 42.7 Å². The van der Waals surface area contributed by atoms with Gasteiger partial charge in [-0.2, -0.15) is 0 Å². The minimum atomic E-state index is -4.85. The molecular weight excluding hydrogens is 457 g/mol. The van der Waals surface area contributed by atoms with Crippen LogP contribution < -0.4 is 9.47 Å². The standard InChI is InChI=1S/C19H14ClF3N4O5/c20-15-4-2-11(5-16(15)32-19(21,22)23)12-1-3-13(24-6-12)9-30-14-7-26-8-17(27(28)29)25-18(26)31-10-14/h1-6,8,14H,7,9-10H2/t14-/m0/s1. The third-order valence-corrected chi connectivity index (χ3v) is 4.81. The number of halogens is 4. The number of nitro groups is 1. The number of hydrogen-bond acceptors (Lipinski definition) is 7. The highest BCUT2D eigenvalue weighted by Crippen LogP contribution is 2.34. The van der Waals surface area contributed by atoms with Crippen molar-refractivity contribution >= 4 is 17.4 Å². The average Bonchev–Trinajstić information content (AvgIpc) is 3.17. The van der Waals surface area contributed by atoms with Crippen molar-refractivity contribution in [3.8, 4) is 22.9 Å². The van der Waals surface area contributed by atoms with E-state index in [-0.39, 0.29) is 36.2 Å². The van der Waals surface area contributed by atoms with E-state index in [2.05, 4.69) is 14.7 Å². The molecule has 3 heterocycles. The topological polar surface area (TPSA) is 102 Å². The minimum absolute atomic E-state index is 0.142. The first-order valence-corrected chi connectivity index (χ1v) is 9.52. The van der Waals surface area contributed by atoms with E-state index in [1.807, 2.05) is 0 Å². The van der Waals surface area contributed by atoms with Gasteiger partial charge in [-0.15, -0.1) is 13.2 Å². The second-order valence-corrected chi connectivity index (χ2v) is 7.17. The van der Waals surface area contributed by atoms with Gasteiger partial charge in [0.15, 0.2) is 0 Å². The summed E-state index contributed by atoms with van der Waals surface area (Å²) < 4.78 is 54.1. The lowest BCUT2D eigenvalue weighted by atomic mass is 10.1. The van der Waals surface area contributed by atoms with Crippen LogP contribution in [0.2, 0.25) is 5.02 Å². The monoisotopic (exact) mass is 470 g/mol. The van der Waals surface area contributed by atoms with Crippen molar-refractivity contribution in [1.82, 2.24) is 14.5 Å². The fourth-order valence-electron chi connectivity index (χ4n) is 3.03. The van der Waals surface area contributed by atoms with Crippen LogP contribution in [-0.2, 0) is 17.9 Å². The molecular formula is C19H14ClF3N4O5. The number of hydrogen-bond donors (Lipinski definition) is 0. The van der Waals surface area contributed by atoms with Crippen LogP contribution in [0.3, 0.4) is 0 Å². The Morgan fingerprint density at radius 2 is 2.06 bits per heavy atom. The van der Waals surface area contributed by atoms with Gasteiger partial charge >= 0.3 is 18.2 Å². The normalized spacial score (nSPS) is 15.7. The molecule has 1 aliphatic rings. The SMILES string of the molecule is O=[N+]([O-])c1cn2c(n1)OC[C@@H](OCc1ccc(-c3ccc(Cl)c(OC(F)(F)F)c3)cn1)C2. The second-order valence-electron chi connectivity index (χ2n) is 6.77. The highest BCUT2D eigenvalue weighted by molar-refractivity contribution is 6.32. The van der Waals surface area contributed by atoms with Gasteiger partial charge in [-0.25, -0.2) is 0 Å². The van der Waals surface area contributed by atoms with Crippen LogP contribution in [0.4, 0.5) is 19.0 Å². The maximum absolute atomic E-state index is 12.5. The molecule has 3 aromatic rings. The van der Waals surface area contributed by atoms with E-state index in [0.717, 1.165) is 0 Å².